The zero-order valence-corrected chi connectivity index (χ0v) is 12.6. The molecule has 0 saturated heterocycles. The number of hydrogen-bond donors (Lipinski definition) is 2. The monoisotopic (exact) mass is 285 g/mol. The van der Waals surface area contributed by atoms with Gasteiger partial charge >= 0.3 is 0 Å². The number of nitrogens with one attached hydrogen (secondary N) is 1. The molecule has 1 aromatic carbocycles. The molecule has 0 atom stereocenters. The van der Waals surface area contributed by atoms with Crippen LogP contribution in [0.25, 0.3) is 0 Å². The van der Waals surface area contributed by atoms with E-state index in [-0.39, 0.29) is 18.4 Å². The first-order chi connectivity index (χ1) is 10.2. The summed E-state index contributed by atoms with van der Waals surface area (Å²) >= 11 is 0. The molecule has 1 aliphatic rings. The van der Waals surface area contributed by atoms with Crippen molar-refractivity contribution in [2.24, 2.45) is 5.92 Å². The summed E-state index contributed by atoms with van der Waals surface area (Å²) in [7, 11) is 0. The first-order valence-corrected chi connectivity index (χ1v) is 7.72. The predicted octanol–water partition coefficient (Wildman–Crippen LogP) is 3.25. The number of hydrogen-bond acceptors (Lipinski definition) is 2. The van der Waals surface area contributed by atoms with Crippen LogP contribution in [0.15, 0.2) is 18.2 Å². The minimum absolute atomic E-state index is 0.0849. The average Bonchev–Trinajstić information content (AvgIpc) is 2.50. The lowest BCUT2D eigenvalue weighted by Gasteiger charge is -2.20. The van der Waals surface area contributed by atoms with Crippen molar-refractivity contribution in [1.82, 2.24) is 0 Å². The Morgan fingerprint density at radius 2 is 2.10 bits per heavy atom. The van der Waals surface area contributed by atoms with Gasteiger partial charge in [0, 0.05) is 23.6 Å². The molecule has 0 aromatic heterocycles. The number of carbonyl (C=O) groups excluding carboxylic acids is 1. The summed E-state index contributed by atoms with van der Waals surface area (Å²) < 4.78 is 0. The van der Waals surface area contributed by atoms with Crippen molar-refractivity contribution < 1.29 is 9.90 Å². The maximum absolute atomic E-state index is 12.2. The van der Waals surface area contributed by atoms with Crippen molar-refractivity contribution in [3.63, 3.8) is 0 Å². The number of anilines is 1. The lowest BCUT2D eigenvalue weighted by atomic mass is 9.88. The van der Waals surface area contributed by atoms with Crippen LogP contribution in [0.1, 0.15) is 49.7 Å². The van der Waals surface area contributed by atoms with Crippen LogP contribution in [-0.4, -0.2) is 17.6 Å². The molecule has 0 unspecified atom stereocenters. The van der Waals surface area contributed by atoms with Crippen LogP contribution in [0.2, 0.25) is 0 Å². The van der Waals surface area contributed by atoms with Gasteiger partial charge in [-0.25, -0.2) is 0 Å². The van der Waals surface area contributed by atoms with Gasteiger partial charge in [0.25, 0.3) is 0 Å². The molecule has 2 rings (SSSR count). The number of amides is 1. The van der Waals surface area contributed by atoms with Crippen molar-refractivity contribution >= 4 is 11.6 Å². The largest absolute Gasteiger partial charge is 0.395 e. The second-order valence-corrected chi connectivity index (χ2v) is 5.63. The second kappa shape index (κ2) is 7.85. The molecule has 0 aliphatic heterocycles. The van der Waals surface area contributed by atoms with E-state index in [9.17, 15) is 4.79 Å². The third-order valence-corrected chi connectivity index (χ3v) is 3.93. The van der Waals surface area contributed by atoms with Crippen LogP contribution in [0, 0.1) is 24.7 Å². The van der Waals surface area contributed by atoms with Gasteiger partial charge in [0.1, 0.15) is 0 Å². The molecule has 3 heteroatoms. The Bertz CT molecular complexity index is 548. The highest BCUT2D eigenvalue weighted by Gasteiger charge is 2.20. The van der Waals surface area contributed by atoms with Crippen molar-refractivity contribution in [2.45, 2.75) is 45.4 Å². The molecule has 1 aliphatic carbocycles. The highest BCUT2D eigenvalue weighted by Crippen LogP contribution is 2.25. The van der Waals surface area contributed by atoms with E-state index in [1.54, 1.807) is 0 Å². The zero-order valence-electron chi connectivity index (χ0n) is 12.6. The molecule has 2 N–H and O–H groups in total. The molecule has 112 valence electrons. The Kier molecular flexibility index (Phi) is 5.83. The van der Waals surface area contributed by atoms with Gasteiger partial charge in [-0.2, -0.15) is 0 Å². The Hall–Kier alpha value is -1.79. The summed E-state index contributed by atoms with van der Waals surface area (Å²) in [5, 5.41) is 11.8. The molecule has 1 saturated carbocycles. The molecule has 0 spiro atoms. The van der Waals surface area contributed by atoms with Gasteiger partial charge in [0.15, 0.2) is 0 Å². The van der Waals surface area contributed by atoms with E-state index in [0.717, 1.165) is 42.5 Å². The standard InChI is InChI=1S/C18H23NO2/c1-14-13-17(11-10-15(14)7-5-6-12-20)19-18(21)16-8-3-2-4-9-16/h10-11,13,16,20H,2-4,6,8-9,12H2,1H3,(H,19,21). The van der Waals surface area contributed by atoms with E-state index in [2.05, 4.69) is 17.2 Å². The van der Waals surface area contributed by atoms with Crippen LogP contribution < -0.4 is 5.32 Å². The number of aliphatic hydroxyl groups is 1. The maximum atomic E-state index is 12.2. The Morgan fingerprint density at radius 3 is 2.76 bits per heavy atom. The second-order valence-electron chi connectivity index (χ2n) is 5.63. The molecule has 0 heterocycles. The van der Waals surface area contributed by atoms with Gasteiger partial charge < -0.3 is 10.4 Å². The molecule has 1 amide bonds. The minimum atomic E-state index is 0.0849. The fraction of sp³-hybridized carbons (Fsp3) is 0.500. The highest BCUT2D eigenvalue weighted by molar-refractivity contribution is 5.92. The molecule has 1 aromatic rings. The van der Waals surface area contributed by atoms with E-state index < -0.39 is 0 Å². The Morgan fingerprint density at radius 1 is 1.33 bits per heavy atom. The molecular weight excluding hydrogens is 262 g/mol. The summed E-state index contributed by atoms with van der Waals surface area (Å²) in [6.45, 7) is 2.07. The Labute approximate surface area is 126 Å². The van der Waals surface area contributed by atoms with Crippen LogP contribution >= 0.6 is 0 Å². The molecule has 0 radical (unpaired) electrons. The van der Waals surface area contributed by atoms with E-state index >= 15 is 0 Å². The summed E-state index contributed by atoms with van der Waals surface area (Å²) in [5.74, 6) is 6.27. The van der Waals surface area contributed by atoms with Crippen LogP contribution in [0.4, 0.5) is 5.69 Å². The number of carbonyl (C=O) groups is 1. The minimum Gasteiger partial charge on any atom is -0.395 e. The fourth-order valence-electron chi connectivity index (χ4n) is 2.70. The maximum Gasteiger partial charge on any atom is 0.227 e. The first kappa shape index (κ1) is 15.6. The lowest BCUT2D eigenvalue weighted by Crippen LogP contribution is -2.24. The molecule has 0 bridgehead atoms. The van der Waals surface area contributed by atoms with Crippen molar-refractivity contribution in [3.05, 3.63) is 29.3 Å². The summed E-state index contributed by atoms with van der Waals surface area (Å²) in [6, 6.07) is 5.79. The predicted molar refractivity (Wildman–Crippen MR) is 85.0 cm³/mol. The van der Waals surface area contributed by atoms with Crippen molar-refractivity contribution in [2.75, 3.05) is 11.9 Å². The molecule has 21 heavy (non-hydrogen) atoms. The van der Waals surface area contributed by atoms with Crippen LogP contribution in [0.3, 0.4) is 0 Å². The third kappa shape index (κ3) is 4.61. The van der Waals surface area contributed by atoms with Gasteiger partial charge in [-0.1, -0.05) is 31.1 Å². The Balaban J connectivity index is 1.99. The third-order valence-electron chi connectivity index (χ3n) is 3.93. The summed E-state index contributed by atoms with van der Waals surface area (Å²) in [6.07, 6.45) is 6.09. The quantitative estimate of drug-likeness (QED) is 0.838. The molecular formula is C18H23NO2. The first-order valence-electron chi connectivity index (χ1n) is 7.72. The van der Waals surface area contributed by atoms with Gasteiger partial charge in [0.05, 0.1) is 6.61 Å². The van der Waals surface area contributed by atoms with Gasteiger partial charge in [0.2, 0.25) is 5.91 Å². The van der Waals surface area contributed by atoms with Crippen LogP contribution in [0.5, 0.6) is 0 Å². The SMILES string of the molecule is Cc1cc(NC(=O)C2CCCCC2)ccc1C#CCCO. The molecule has 1 fully saturated rings. The average molecular weight is 285 g/mol. The topological polar surface area (TPSA) is 49.3 Å². The van der Waals surface area contributed by atoms with Gasteiger partial charge in [-0.05, 0) is 43.5 Å². The lowest BCUT2D eigenvalue weighted by molar-refractivity contribution is -0.120. The summed E-state index contributed by atoms with van der Waals surface area (Å²) in [4.78, 5) is 12.2. The van der Waals surface area contributed by atoms with E-state index in [4.69, 9.17) is 5.11 Å². The molecule has 3 nitrogen and oxygen atoms in total. The van der Waals surface area contributed by atoms with E-state index in [0.29, 0.717) is 6.42 Å². The van der Waals surface area contributed by atoms with Crippen molar-refractivity contribution in [3.8, 4) is 11.8 Å². The highest BCUT2D eigenvalue weighted by atomic mass is 16.2. The normalized spacial score (nSPS) is 15.1. The van der Waals surface area contributed by atoms with Gasteiger partial charge in [-0.3, -0.25) is 4.79 Å². The number of aliphatic hydroxyl groups excluding tert-OH is 1. The zero-order chi connectivity index (χ0) is 15.1. The number of aryl methyl sites for hydroxylation is 1. The fourth-order valence-corrected chi connectivity index (χ4v) is 2.70. The van der Waals surface area contributed by atoms with Gasteiger partial charge in [-0.15, -0.1) is 0 Å². The number of rotatable bonds is 3. The van der Waals surface area contributed by atoms with Crippen LogP contribution in [-0.2, 0) is 4.79 Å². The smallest absolute Gasteiger partial charge is 0.227 e. The van der Waals surface area contributed by atoms with E-state index in [1.165, 1.54) is 6.42 Å². The van der Waals surface area contributed by atoms with Crippen molar-refractivity contribution in [1.29, 1.82) is 0 Å². The van der Waals surface area contributed by atoms with E-state index in [1.807, 2.05) is 25.1 Å². The number of benzene rings is 1. The summed E-state index contributed by atoms with van der Waals surface area (Å²) in [5.41, 5.74) is 2.83.